The van der Waals surface area contributed by atoms with Gasteiger partial charge in [0.25, 0.3) is 0 Å². The van der Waals surface area contributed by atoms with Gasteiger partial charge in [-0.15, -0.1) is 10.2 Å². The molecule has 1 atom stereocenters. The van der Waals surface area contributed by atoms with Gasteiger partial charge < -0.3 is 14.2 Å². The number of methoxy groups -OCH3 is 2. The normalized spacial score (nSPS) is 13.1. The summed E-state index contributed by atoms with van der Waals surface area (Å²) in [5.74, 6) is 0.630. The van der Waals surface area contributed by atoms with Crippen LogP contribution in [0.15, 0.2) is 58.4 Å². The van der Waals surface area contributed by atoms with Crippen molar-refractivity contribution in [1.82, 2.24) is 19.7 Å². The van der Waals surface area contributed by atoms with E-state index in [9.17, 15) is 12.8 Å². The highest BCUT2D eigenvalue weighted by Gasteiger charge is 2.29. The van der Waals surface area contributed by atoms with Crippen LogP contribution >= 0.6 is 0 Å². The maximum Gasteiger partial charge on any atom is 0.243 e. The number of pyridine rings is 1. The lowest BCUT2D eigenvalue weighted by Gasteiger charge is -2.19. The van der Waals surface area contributed by atoms with Crippen LogP contribution in [0.4, 0.5) is 10.3 Å². The first kappa shape index (κ1) is 29.2. The van der Waals surface area contributed by atoms with E-state index in [0.717, 1.165) is 6.20 Å². The Morgan fingerprint density at radius 1 is 1.18 bits per heavy atom. The Bertz CT molecular complexity index is 1460. The largest absolute Gasteiger partial charge is 0.494 e. The monoisotopic (exact) mass is 559 g/mol. The van der Waals surface area contributed by atoms with Gasteiger partial charge in [-0.25, -0.2) is 27.8 Å². The minimum Gasteiger partial charge on any atom is -0.494 e. The van der Waals surface area contributed by atoms with Crippen LogP contribution in [0.5, 0.6) is 17.4 Å². The summed E-state index contributed by atoms with van der Waals surface area (Å²) in [4.78, 5) is 12.0. The second-order valence-electron chi connectivity index (χ2n) is 8.07. The minimum atomic E-state index is -4.10. The Labute approximate surface area is 226 Å². The molecule has 0 spiro atoms. The molecule has 0 aliphatic carbocycles. The predicted molar refractivity (Wildman–Crippen MR) is 147 cm³/mol. The number of aliphatic imine (C=N–C) groups is 2. The van der Waals surface area contributed by atoms with E-state index in [2.05, 4.69) is 36.6 Å². The zero-order valence-corrected chi connectivity index (χ0v) is 23.1. The van der Waals surface area contributed by atoms with Crippen molar-refractivity contribution >= 4 is 28.5 Å². The molecule has 0 fully saturated rings. The molecular weight excluding hydrogens is 529 g/mol. The molecule has 3 aromatic rings. The van der Waals surface area contributed by atoms with Crippen LogP contribution < -0.4 is 18.9 Å². The molecule has 0 saturated heterocycles. The molecular formula is C25H30FN7O5S. The van der Waals surface area contributed by atoms with Crippen LogP contribution in [-0.2, 0) is 10.0 Å². The first-order chi connectivity index (χ1) is 18.6. The molecule has 0 aliphatic rings. The third kappa shape index (κ3) is 6.96. The number of anilines is 1. The van der Waals surface area contributed by atoms with Crippen LogP contribution in [-0.4, -0.2) is 66.8 Å². The SMILES string of the molecule is C=N/C(C[C@H](C)S(=O)(=O)Nc1nnc(-c2cccc(OCC)n2)n1-c1c(OC)cccc1OC)=N\C=C(/C)F. The number of hydrogen-bond donors (Lipinski definition) is 1. The number of aromatic nitrogens is 4. The maximum absolute atomic E-state index is 13.4. The van der Waals surface area contributed by atoms with Gasteiger partial charge in [0.1, 0.15) is 34.5 Å². The number of sulfonamides is 1. The maximum atomic E-state index is 13.4. The second-order valence-corrected chi connectivity index (χ2v) is 10.2. The quantitative estimate of drug-likeness (QED) is 0.257. The molecule has 3 rings (SSSR count). The van der Waals surface area contributed by atoms with Crippen molar-refractivity contribution in [3.05, 3.63) is 48.4 Å². The van der Waals surface area contributed by atoms with Crippen molar-refractivity contribution in [2.75, 3.05) is 25.5 Å². The van der Waals surface area contributed by atoms with Crippen molar-refractivity contribution in [2.45, 2.75) is 32.4 Å². The lowest BCUT2D eigenvalue weighted by Crippen LogP contribution is -2.28. The van der Waals surface area contributed by atoms with Gasteiger partial charge in [-0.3, -0.25) is 9.29 Å². The number of halogens is 1. The molecule has 0 amide bonds. The molecule has 39 heavy (non-hydrogen) atoms. The van der Waals surface area contributed by atoms with Gasteiger partial charge in [0.15, 0.2) is 5.82 Å². The van der Waals surface area contributed by atoms with Gasteiger partial charge in [0, 0.05) is 12.5 Å². The Balaban J connectivity index is 2.15. The van der Waals surface area contributed by atoms with Gasteiger partial charge >= 0.3 is 0 Å². The Morgan fingerprint density at radius 2 is 1.85 bits per heavy atom. The van der Waals surface area contributed by atoms with Gasteiger partial charge in [-0.1, -0.05) is 12.1 Å². The van der Waals surface area contributed by atoms with E-state index in [-0.39, 0.29) is 24.0 Å². The number of para-hydroxylation sites is 1. The molecule has 1 N–H and O–H groups in total. The Kier molecular flexibility index (Phi) is 9.71. The van der Waals surface area contributed by atoms with Gasteiger partial charge in [0.2, 0.25) is 21.9 Å². The summed E-state index contributed by atoms with van der Waals surface area (Å²) in [6.07, 6.45) is 0.802. The molecule has 12 nitrogen and oxygen atoms in total. The Hall–Kier alpha value is -4.33. The summed E-state index contributed by atoms with van der Waals surface area (Å²) in [5, 5.41) is 7.31. The minimum absolute atomic E-state index is 0.0513. The van der Waals surface area contributed by atoms with E-state index < -0.39 is 21.1 Å². The number of nitrogens with zero attached hydrogens (tertiary/aromatic N) is 6. The van der Waals surface area contributed by atoms with E-state index in [0.29, 0.717) is 35.4 Å². The molecule has 0 unspecified atom stereocenters. The van der Waals surface area contributed by atoms with Crippen molar-refractivity contribution in [3.63, 3.8) is 0 Å². The van der Waals surface area contributed by atoms with E-state index in [1.165, 1.54) is 32.6 Å². The zero-order chi connectivity index (χ0) is 28.6. The first-order valence-corrected chi connectivity index (χ1v) is 13.3. The summed E-state index contributed by atoms with van der Waals surface area (Å²) >= 11 is 0. The fourth-order valence-electron chi connectivity index (χ4n) is 3.46. The topological polar surface area (TPSA) is 142 Å². The highest BCUT2D eigenvalue weighted by atomic mass is 32.2. The lowest BCUT2D eigenvalue weighted by atomic mass is 10.2. The van der Waals surface area contributed by atoms with Crippen molar-refractivity contribution in [2.24, 2.45) is 9.98 Å². The van der Waals surface area contributed by atoms with E-state index in [4.69, 9.17) is 14.2 Å². The van der Waals surface area contributed by atoms with Crippen LogP contribution in [0.1, 0.15) is 27.2 Å². The average molecular weight is 560 g/mol. The summed E-state index contributed by atoms with van der Waals surface area (Å²) in [5.41, 5.74) is 0.702. The van der Waals surface area contributed by atoms with Crippen LogP contribution in [0.3, 0.4) is 0 Å². The number of hydrogen-bond acceptors (Lipinski definition) is 9. The number of rotatable bonds is 12. The lowest BCUT2D eigenvalue weighted by molar-refractivity contribution is 0.327. The molecule has 0 radical (unpaired) electrons. The molecule has 2 heterocycles. The molecule has 0 saturated carbocycles. The van der Waals surface area contributed by atoms with Crippen molar-refractivity contribution in [1.29, 1.82) is 0 Å². The second kappa shape index (κ2) is 13.0. The van der Waals surface area contributed by atoms with E-state index in [1.807, 2.05) is 6.92 Å². The fraction of sp³-hybridized carbons (Fsp3) is 0.320. The summed E-state index contributed by atoms with van der Waals surface area (Å²) in [7, 11) is -1.15. The van der Waals surface area contributed by atoms with Gasteiger partial charge in [0.05, 0.1) is 32.3 Å². The molecule has 0 bridgehead atoms. The number of allylic oxidation sites excluding steroid dienone is 1. The number of benzene rings is 1. The Morgan fingerprint density at radius 3 is 2.44 bits per heavy atom. The fourth-order valence-corrected chi connectivity index (χ4v) is 4.42. The third-order valence-corrected chi connectivity index (χ3v) is 7.03. The van der Waals surface area contributed by atoms with Crippen LogP contribution in [0, 0.1) is 0 Å². The molecule has 1 aromatic carbocycles. The number of ether oxygens (including phenoxy) is 3. The third-order valence-electron chi connectivity index (χ3n) is 5.34. The van der Waals surface area contributed by atoms with E-state index >= 15 is 0 Å². The first-order valence-electron chi connectivity index (χ1n) is 11.8. The standard InChI is InChI=1S/C25H30FN7O5S/c1-7-38-22-13-8-10-18(29-22)24-30-31-25(33(24)23-19(36-5)11-9-12-20(23)37-6)32-39(34,35)17(3)14-21(27-4)28-15-16(2)26/h8-13,15,17H,4,7,14H2,1-3,5-6H3,(H,31,32)/b16-15+,28-21-/t17-/m0/s1. The highest BCUT2D eigenvalue weighted by molar-refractivity contribution is 7.93. The summed E-state index contributed by atoms with van der Waals surface area (Å²) in [6.45, 7) is 8.28. The smallest absolute Gasteiger partial charge is 0.243 e. The van der Waals surface area contributed by atoms with Crippen LogP contribution in [0.2, 0.25) is 0 Å². The molecule has 2 aromatic heterocycles. The average Bonchev–Trinajstić information content (AvgIpc) is 3.32. The number of nitrogens with one attached hydrogen (secondary N) is 1. The number of amidine groups is 1. The summed E-state index contributed by atoms with van der Waals surface area (Å²) < 4.78 is 60.4. The molecule has 0 aliphatic heterocycles. The van der Waals surface area contributed by atoms with Crippen LogP contribution in [0.25, 0.3) is 17.2 Å². The molecule has 208 valence electrons. The predicted octanol–water partition coefficient (Wildman–Crippen LogP) is 4.20. The zero-order valence-electron chi connectivity index (χ0n) is 22.3. The highest BCUT2D eigenvalue weighted by Crippen LogP contribution is 2.37. The van der Waals surface area contributed by atoms with Crippen molar-refractivity contribution < 1.29 is 27.0 Å². The summed E-state index contributed by atoms with van der Waals surface area (Å²) in [6, 6.07) is 10.2. The van der Waals surface area contributed by atoms with Gasteiger partial charge in [-0.05, 0) is 45.7 Å². The molecule has 14 heteroatoms. The van der Waals surface area contributed by atoms with Crippen molar-refractivity contribution in [3.8, 4) is 34.6 Å². The van der Waals surface area contributed by atoms with Gasteiger partial charge in [-0.2, -0.15) is 0 Å². The van der Waals surface area contributed by atoms with E-state index in [1.54, 1.807) is 36.4 Å².